The lowest BCUT2D eigenvalue weighted by Crippen LogP contribution is -2.39. The van der Waals surface area contributed by atoms with Crippen LogP contribution in [-0.4, -0.2) is 33.5 Å². The molecule has 1 amide bonds. The van der Waals surface area contributed by atoms with Gasteiger partial charge in [0.25, 0.3) is 0 Å². The van der Waals surface area contributed by atoms with Crippen LogP contribution in [-0.2, 0) is 24.2 Å². The molecule has 1 fully saturated rings. The lowest BCUT2D eigenvalue weighted by Gasteiger charge is -2.11. The molecular weight excluding hydrogens is 350 g/mol. The maximum absolute atomic E-state index is 12.1. The predicted molar refractivity (Wildman–Crippen MR) is 108 cm³/mol. The molecule has 1 saturated heterocycles. The van der Waals surface area contributed by atoms with Crippen molar-refractivity contribution in [1.82, 2.24) is 25.6 Å². The summed E-state index contributed by atoms with van der Waals surface area (Å²) in [4.78, 5) is 12.1. The van der Waals surface area contributed by atoms with Crippen molar-refractivity contribution < 1.29 is 4.79 Å². The number of hydrogen-bond acceptors (Lipinski definition) is 4. The van der Waals surface area contributed by atoms with E-state index >= 15 is 0 Å². The molecule has 6 nitrogen and oxygen atoms in total. The summed E-state index contributed by atoms with van der Waals surface area (Å²) in [5.74, 6) is 0.0842. The molecule has 1 unspecified atom stereocenters. The van der Waals surface area contributed by atoms with Gasteiger partial charge in [0.05, 0.1) is 23.6 Å². The van der Waals surface area contributed by atoms with Crippen molar-refractivity contribution in [2.75, 3.05) is 6.54 Å². The lowest BCUT2D eigenvalue weighted by molar-refractivity contribution is -0.122. The standard InChI is InChI=1S/C22H25N5O/c28-22(21-7-4-14-23-21)24-15-18-9-12-20(13-10-18)27-16-19(25-26-27)11-8-17-5-2-1-3-6-17/h1-3,5-6,9-10,12-13,16,21,23H,4,7-8,11,14-15H2,(H,24,28). The minimum absolute atomic E-state index is 0.0382. The quantitative estimate of drug-likeness (QED) is 0.665. The van der Waals surface area contributed by atoms with Gasteiger partial charge in [0.2, 0.25) is 5.91 Å². The highest BCUT2D eigenvalue weighted by molar-refractivity contribution is 5.81. The van der Waals surface area contributed by atoms with Crippen molar-refractivity contribution in [3.8, 4) is 5.69 Å². The Labute approximate surface area is 165 Å². The zero-order valence-electron chi connectivity index (χ0n) is 15.8. The summed E-state index contributed by atoms with van der Waals surface area (Å²) in [7, 11) is 0. The normalized spacial score (nSPS) is 16.2. The molecule has 28 heavy (non-hydrogen) atoms. The molecule has 144 valence electrons. The maximum Gasteiger partial charge on any atom is 0.237 e. The second-order valence-electron chi connectivity index (χ2n) is 7.17. The summed E-state index contributed by atoms with van der Waals surface area (Å²) in [6.45, 7) is 1.47. The summed E-state index contributed by atoms with van der Waals surface area (Å²) in [5.41, 5.74) is 4.31. The van der Waals surface area contributed by atoms with Crippen LogP contribution in [0.4, 0.5) is 0 Å². The van der Waals surface area contributed by atoms with Crippen LogP contribution in [0.1, 0.15) is 29.7 Å². The average Bonchev–Trinajstić information content (AvgIpc) is 3.44. The molecule has 3 aromatic rings. The molecule has 2 aromatic carbocycles. The smallest absolute Gasteiger partial charge is 0.237 e. The van der Waals surface area contributed by atoms with Gasteiger partial charge in [0.1, 0.15) is 0 Å². The van der Waals surface area contributed by atoms with E-state index in [2.05, 4.69) is 45.2 Å². The summed E-state index contributed by atoms with van der Waals surface area (Å²) >= 11 is 0. The van der Waals surface area contributed by atoms with Crippen LogP contribution >= 0.6 is 0 Å². The summed E-state index contributed by atoms with van der Waals surface area (Å²) < 4.78 is 1.80. The molecule has 1 atom stereocenters. The summed E-state index contributed by atoms with van der Waals surface area (Å²) in [6, 6.07) is 18.4. The van der Waals surface area contributed by atoms with Gasteiger partial charge in [0.15, 0.2) is 0 Å². The first-order valence-corrected chi connectivity index (χ1v) is 9.83. The first-order valence-electron chi connectivity index (χ1n) is 9.83. The minimum Gasteiger partial charge on any atom is -0.351 e. The van der Waals surface area contributed by atoms with Crippen LogP contribution in [0.15, 0.2) is 60.8 Å². The van der Waals surface area contributed by atoms with Crippen molar-refractivity contribution in [2.45, 2.75) is 38.3 Å². The third-order valence-corrected chi connectivity index (χ3v) is 5.10. The largest absolute Gasteiger partial charge is 0.351 e. The molecule has 2 heterocycles. The molecular formula is C22H25N5O. The van der Waals surface area contributed by atoms with Gasteiger partial charge in [-0.15, -0.1) is 5.10 Å². The topological polar surface area (TPSA) is 71.8 Å². The van der Waals surface area contributed by atoms with Crippen molar-refractivity contribution in [3.05, 3.63) is 77.6 Å². The van der Waals surface area contributed by atoms with Crippen molar-refractivity contribution >= 4 is 5.91 Å². The van der Waals surface area contributed by atoms with Gasteiger partial charge < -0.3 is 10.6 Å². The van der Waals surface area contributed by atoms with E-state index in [1.165, 1.54) is 5.56 Å². The van der Waals surface area contributed by atoms with Gasteiger partial charge in [-0.2, -0.15) is 0 Å². The van der Waals surface area contributed by atoms with E-state index in [1.807, 2.05) is 36.5 Å². The zero-order valence-corrected chi connectivity index (χ0v) is 15.8. The van der Waals surface area contributed by atoms with Crippen LogP contribution in [0.5, 0.6) is 0 Å². The van der Waals surface area contributed by atoms with Gasteiger partial charge in [-0.25, -0.2) is 4.68 Å². The number of nitrogens with one attached hydrogen (secondary N) is 2. The predicted octanol–water partition coefficient (Wildman–Crippen LogP) is 2.42. The van der Waals surface area contributed by atoms with Crippen LogP contribution in [0.3, 0.4) is 0 Å². The van der Waals surface area contributed by atoms with Gasteiger partial charge in [0, 0.05) is 6.54 Å². The third kappa shape index (κ3) is 4.64. The Hall–Kier alpha value is -2.99. The fourth-order valence-electron chi connectivity index (χ4n) is 3.44. The first-order chi connectivity index (χ1) is 13.8. The average molecular weight is 375 g/mol. The van der Waals surface area contributed by atoms with Gasteiger partial charge in [-0.05, 0) is 55.5 Å². The van der Waals surface area contributed by atoms with E-state index in [1.54, 1.807) is 4.68 Å². The molecule has 1 aliphatic heterocycles. The van der Waals surface area contributed by atoms with E-state index in [4.69, 9.17) is 0 Å². The molecule has 6 heteroatoms. The highest BCUT2D eigenvalue weighted by atomic mass is 16.2. The van der Waals surface area contributed by atoms with Crippen LogP contribution in [0.25, 0.3) is 5.69 Å². The minimum atomic E-state index is -0.0382. The number of carbonyl (C=O) groups is 1. The zero-order chi connectivity index (χ0) is 19.2. The SMILES string of the molecule is O=C(NCc1ccc(-n2cc(CCc3ccccc3)nn2)cc1)C1CCCN1. The number of aryl methyl sites for hydroxylation is 2. The van der Waals surface area contributed by atoms with Gasteiger partial charge in [-0.3, -0.25) is 4.79 Å². The highest BCUT2D eigenvalue weighted by Gasteiger charge is 2.21. The number of nitrogens with zero attached hydrogens (tertiary/aromatic N) is 3. The molecule has 0 saturated carbocycles. The number of aromatic nitrogens is 3. The summed E-state index contributed by atoms with van der Waals surface area (Å²) in [5, 5.41) is 14.7. The molecule has 1 aliphatic rings. The highest BCUT2D eigenvalue weighted by Crippen LogP contribution is 2.11. The van der Waals surface area contributed by atoms with E-state index in [0.717, 1.165) is 49.2 Å². The molecule has 2 N–H and O–H groups in total. The van der Waals surface area contributed by atoms with Gasteiger partial charge >= 0.3 is 0 Å². The van der Waals surface area contributed by atoms with E-state index in [-0.39, 0.29) is 11.9 Å². The van der Waals surface area contributed by atoms with Crippen molar-refractivity contribution in [2.24, 2.45) is 0 Å². The Balaban J connectivity index is 1.31. The number of rotatable bonds is 7. The maximum atomic E-state index is 12.1. The number of hydrogen-bond donors (Lipinski definition) is 2. The fraction of sp³-hybridized carbons (Fsp3) is 0.318. The Bertz CT molecular complexity index is 898. The van der Waals surface area contributed by atoms with Crippen molar-refractivity contribution in [1.29, 1.82) is 0 Å². The molecule has 0 radical (unpaired) electrons. The Morgan fingerprint density at radius 1 is 1.07 bits per heavy atom. The molecule has 4 rings (SSSR count). The number of carbonyl (C=O) groups excluding carboxylic acids is 1. The molecule has 0 spiro atoms. The van der Waals surface area contributed by atoms with E-state index < -0.39 is 0 Å². The molecule has 0 bridgehead atoms. The second kappa shape index (κ2) is 8.80. The first kappa shape index (κ1) is 18.4. The van der Waals surface area contributed by atoms with Crippen LogP contribution in [0.2, 0.25) is 0 Å². The Kier molecular flexibility index (Phi) is 5.77. The van der Waals surface area contributed by atoms with Crippen LogP contribution < -0.4 is 10.6 Å². The van der Waals surface area contributed by atoms with Gasteiger partial charge in [-0.1, -0.05) is 47.7 Å². The lowest BCUT2D eigenvalue weighted by atomic mass is 10.1. The number of amides is 1. The van der Waals surface area contributed by atoms with E-state index in [0.29, 0.717) is 6.54 Å². The second-order valence-corrected chi connectivity index (χ2v) is 7.17. The third-order valence-electron chi connectivity index (χ3n) is 5.10. The van der Waals surface area contributed by atoms with E-state index in [9.17, 15) is 4.79 Å². The summed E-state index contributed by atoms with van der Waals surface area (Å²) in [6.07, 6.45) is 5.78. The molecule has 1 aromatic heterocycles. The number of benzene rings is 2. The monoisotopic (exact) mass is 375 g/mol. The van der Waals surface area contributed by atoms with Crippen molar-refractivity contribution in [3.63, 3.8) is 0 Å². The fourth-order valence-corrected chi connectivity index (χ4v) is 3.44. The van der Waals surface area contributed by atoms with Crippen LogP contribution in [0, 0.1) is 0 Å². The molecule has 0 aliphatic carbocycles. The Morgan fingerprint density at radius 3 is 2.64 bits per heavy atom. The Morgan fingerprint density at radius 2 is 1.89 bits per heavy atom.